The van der Waals surface area contributed by atoms with Gasteiger partial charge in [-0.15, -0.1) is 24.0 Å². The van der Waals surface area contributed by atoms with Crippen molar-refractivity contribution in [2.24, 2.45) is 10.4 Å². The van der Waals surface area contributed by atoms with Gasteiger partial charge in [0.05, 0.1) is 7.11 Å². The van der Waals surface area contributed by atoms with Crippen molar-refractivity contribution in [1.82, 2.24) is 10.6 Å². The van der Waals surface area contributed by atoms with E-state index in [0.717, 1.165) is 44.4 Å². The van der Waals surface area contributed by atoms with E-state index in [1.54, 1.807) is 7.11 Å². The van der Waals surface area contributed by atoms with Crippen molar-refractivity contribution in [3.63, 3.8) is 0 Å². The van der Waals surface area contributed by atoms with E-state index in [0.29, 0.717) is 5.41 Å². The van der Waals surface area contributed by atoms with Crippen molar-refractivity contribution in [3.05, 3.63) is 29.8 Å². The van der Waals surface area contributed by atoms with Crippen LogP contribution >= 0.6 is 24.0 Å². The maximum atomic E-state index is 5.60. The molecule has 0 unspecified atom stereocenters. The first-order valence-electron chi connectivity index (χ1n) is 9.36. The quantitative estimate of drug-likeness (QED) is 0.246. The van der Waals surface area contributed by atoms with Gasteiger partial charge in [-0.3, -0.25) is 4.99 Å². The number of nitrogens with zero attached hydrogens (tertiary/aromatic N) is 1. The third-order valence-electron chi connectivity index (χ3n) is 5.09. The van der Waals surface area contributed by atoms with Crippen LogP contribution in [0.15, 0.2) is 29.3 Å². The van der Waals surface area contributed by atoms with Crippen molar-refractivity contribution >= 4 is 29.9 Å². The Morgan fingerprint density at radius 1 is 1.23 bits per heavy atom. The first-order chi connectivity index (χ1) is 12.2. The van der Waals surface area contributed by atoms with E-state index < -0.39 is 0 Å². The summed E-state index contributed by atoms with van der Waals surface area (Å²) >= 11 is 0. The van der Waals surface area contributed by atoms with E-state index in [1.807, 2.05) is 25.2 Å². The van der Waals surface area contributed by atoms with Crippen LogP contribution in [0.1, 0.15) is 44.6 Å². The highest BCUT2D eigenvalue weighted by molar-refractivity contribution is 14.0. The molecule has 6 heteroatoms. The molecule has 0 spiro atoms. The van der Waals surface area contributed by atoms with Crippen LogP contribution in [-0.4, -0.2) is 39.9 Å². The summed E-state index contributed by atoms with van der Waals surface area (Å²) < 4.78 is 10.9. The van der Waals surface area contributed by atoms with Gasteiger partial charge < -0.3 is 20.1 Å². The Morgan fingerprint density at radius 2 is 2.00 bits per heavy atom. The highest BCUT2D eigenvalue weighted by Crippen LogP contribution is 2.40. The summed E-state index contributed by atoms with van der Waals surface area (Å²) in [5, 5.41) is 6.93. The SMILES string of the molecule is CCOCCC1(CNC(=NC)NCc2cccc(OC)c2)CCCC1.I. The minimum absolute atomic E-state index is 0. The maximum absolute atomic E-state index is 5.60. The summed E-state index contributed by atoms with van der Waals surface area (Å²) in [4.78, 5) is 4.37. The van der Waals surface area contributed by atoms with Crippen LogP contribution < -0.4 is 15.4 Å². The molecule has 0 saturated heterocycles. The zero-order valence-electron chi connectivity index (χ0n) is 16.3. The highest BCUT2D eigenvalue weighted by atomic mass is 127. The molecule has 1 aromatic carbocycles. The molecule has 0 aromatic heterocycles. The van der Waals surface area contributed by atoms with Crippen LogP contribution in [0.3, 0.4) is 0 Å². The normalized spacial score (nSPS) is 16.0. The molecule has 0 atom stereocenters. The topological polar surface area (TPSA) is 54.9 Å². The van der Waals surface area contributed by atoms with E-state index in [-0.39, 0.29) is 24.0 Å². The smallest absolute Gasteiger partial charge is 0.191 e. The molecule has 5 nitrogen and oxygen atoms in total. The first kappa shape index (κ1) is 23.0. The fourth-order valence-corrected chi connectivity index (χ4v) is 3.53. The number of aliphatic imine (C=N–C) groups is 1. The van der Waals surface area contributed by atoms with Crippen LogP contribution in [0.4, 0.5) is 0 Å². The Labute approximate surface area is 175 Å². The predicted octanol–water partition coefficient (Wildman–Crippen LogP) is 3.97. The zero-order chi connectivity index (χ0) is 18.0. The Kier molecular flexibility index (Phi) is 11.0. The molecular formula is C20H34IN3O2. The van der Waals surface area contributed by atoms with Gasteiger partial charge >= 0.3 is 0 Å². The molecule has 1 fully saturated rings. The summed E-state index contributed by atoms with van der Waals surface area (Å²) in [5.74, 6) is 1.73. The number of hydrogen-bond donors (Lipinski definition) is 2. The third-order valence-corrected chi connectivity index (χ3v) is 5.09. The summed E-state index contributed by atoms with van der Waals surface area (Å²) in [6, 6.07) is 8.09. The number of ether oxygens (including phenoxy) is 2. The second-order valence-electron chi connectivity index (χ2n) is 6.78. The molecule has 2 rings (SSSR count). The van der Waals surface area contributed by atoms with Gasteiger partial charge in [0.2, 0.25) is 0 Å². The Morgan fingerprint density at radius 3 is 2.65 bits per heavy atom. The van der Waals surface area contributed by atoms with Crippen LogP contribution in [0, 0.1) is 5.41 Å². The van der Waals surface area contributed by atoms with Crippen molar-refractivity contribution in [2.45, 2.75) is 45.6 Å². The molecule has 0 amide bonds. The third kappa shape index (κ3) is 7.31. The number of guanidine groups is 1. The number of methoxy groups -OCH3 is 1. The molecule has 0 radical (unpaired) electrons. The highest BCUT2D eigenvalue weighted by Gasteiger charge is 2.33. The number of halogens is 1. The lowest BCUT2D eigenvalue weighted by Crippen LogP contribution is -2.43. The lowest BCUT2D eigenvalue weighted by molar-refractivity contribution is 0.105. The van der Waals surface area contributed by atoms with Gasteiger partial charge in [-0.25, -0.2) is 0 Å². The van der Waals surface area contributed by atoms with Crippen LogP contribution in [0.5, 0.6) is 5.75 Å². The van der Waals surface area contributed by atoms with E-state index >= 15 is 0 Å². The molecule has 26 heavy (non-hydrogen) atoms. The predicted molar refractivity (Wildman–Crippen MR) is 119 cm³/mol. The van der Waals surface area contributed by atoms with Crippen molar-refractivity contribution in [3.8, 4) is 5.75 Å². The van der Waals surface area contributed by atoms with Crippen molar-refractivity contribution in [1.29, 1.82) is 0 Å². The standard InChI is InChI=1S/C20H33N3O2.HI/c1-4-25-13-12-20(10-5-6-11-20)16-23-19(21-2)22-15-17-8-7-9-18(14-17)24-3;/h7-9,14H,4-6,10-13,15-16H2,1-3H3,(H2,21,22,23);1H. The summed E-state index contributed by atoms with van der Waals surface area (Å²) in [5.41, 5.74) is 1.53. The lowest BCUT2D eigenvalue weighted by Gasteiger charge is -2.30. The fourth-order valence-electron chi connectivity index (χ4n) is 3.53. The molecule has 1 aliphatic carbocycles. The average Bonchev–Trinajstić information content (AvgIpc) is 3.11. The van der Waals surface area contributed by atoms with Crippen molar-refractivity contribution in [2.75, 3.05) is 33.9 Å². The molecule has 0 aliphatic heterocycles. The van der Waals surface area contributed by atoms with E-state index in [9.17, 15) is 0 Å². The fraction of sp³-hybridized carbons (Fsp3) is 0.650. The molecule has 0 heterocycles. The summed E-state index contributed by atoms with van der Waals surface area (Å²) in [6.07, 6.45) is 6.33. The Hall–Kier alpha value is -1.02. The van der Waals surface area contributed by atoms with Crippen molar-refractivity contribution < 1.29 is 9.47 Å². The largest absolute Gasteiger partial charge is 0.497 e. The monoisotopic (exact) mass is 475 g/mol. The van der Waals surface area contributed by atoms with Gasteiger partial charge in [0, 0.05) is 33.4 Å². The number of rotatable bonds is 9. The molecule has 1 saturated carbocycles. The van der Waals surface area contributed by atoms with Gasteiger partial charge in [-0.2, -0.15) is 0 Å². The number of benzene rings is 1. The Bertz CT molecular complexity index is 546. The van der Waals surface area contributed by atoms with E-state index in [2.05, 4.69) is 28.6 Å². The molecule has 1 aliphatic rings. The minimum atomic E-state index is 0. The maximum Gasteiger partial charge on any atom is 0.191 e. The Balaban J connectivity index is 0.00000338. The van der Waals surface area contributed by atoms with Gasteiger partial charge in [0.15, 0.2) is 5.96 Å². The lowest BCUT2D eigenvalue weighted by atomic mass is 9.83. The minimum Gasteiger partial charge on any atom is -0.497 e. The summed E-state index contributed by atoms with van der Waals surface area (Å²) in [6.45, 7) is 5.39. The molecule has 2 N–H and O–H groups in total. The number of hydrogen-bond acceptors (Lipinski definition) is 3. The van der Waals surface area contributed by atoms with Crippen LogP contribution in [0.2, 0.25) is 0 Å². The molecule has 1 aromatic rings. The second kappa shape index (κ2) is 12.4. The van der Waals surface area contributed by atoms with Gasteiger partial charge in [0.1, 0.15) is 5.75 Å². The molecule has 148 valence electrons. The van der Waals surface area contributed by atoms with E-state index in [1.165, 1.54) is 31.2 Å². The molecular weight excluding hydrogens is 441 g/mol. The first-order valence-corrected chi connectivity index (χ1v) is 9.36. The summed E-state index contributed by atoms with van der Waals surface area (Å²) in [7, 11) is 3.51. The molecule has 0 bridgehead atoms. The van der Waals surface area contributed by atoms with E-state index in [4.69, 9.17) is 9.47 Å². The zero-order valence-corrected chi connectivity index (χ0v) is 18.7. The van der Waals surface area contributed by atoms with Gasteiger partial charge in [0.25, 0.3) is 0 Å². The van der Waals surface area contributed by atoms with Crippen LogP contribution in [0.25, 0.3) is 0 Å². The average molecular weight is 475 g/mol. The number of nitrogens with one attached hydrogen (secondary N) is 2. The second-order valence-corrected chi connectivity index (χ2v) is 6.78. The van der Waals surface area contributed by atoms with Gasteiger partial charge in [-0.05, 0) is 49.3 Å². The van der Waals surface area contributed by atoms with Crippen LogP contribution in [-0.2, 0) is 11.3 Å². The van der Waals surface area contributed by atoms with Gasteiger partial charge in [-0.1, -0.05) is 25.0 Å².